The molecule has 0 fully saturated rings. The Labute approximate surface area is 116 Å². The highest BCUT2D eigenvalue weighted by Gasteiger charge is 2.08. The first-order valence-corrected chi connectivity index (χ1v) is 6.18. The maximum absolute atomic E-state index is 11.4. The van der Waals surface area contributed by atoms with Crippen LogP contribution in [0.5, 0.6) is 0 Å². The molecular formula is C13H17N3O4. The van der Waals surface area contributed by atoms with Crippen molar-refractivity contribution in [3.8, 4) is 0 Å². The Bertz CT molecular complexity index is 485. The quantitative estimate of drug-likeness (QED) is 0.719. The van der Waals surface area contributed by atoms with E-state index in [4.69, 9.17) is 5.11 Å². The number of aliphatic carboxylic acids is 1. The Morgan fingerprint density at radius 3 is 2.60 bits per heavy atom. The summed E-state index contributed by atoms with van der Waals surface area (Å²) in [6.07, 6.45) is 1.76. The molecule has 0 spiro atoms. The molecule has 0 bridgehead atoms. The van der Waals surface area contributed by atoms with Crippen LogP contribution in [0, 0.1) is 6.92 Å². The minimum atomic E-state index is -0.964. The van der Waals surface area contributed by atoms with Crippen molar-refractivity contribution in [2.45, 2.75) is 32.7 Å². The van der Waals surface area contributed by atoms with E-state index in [9.17, 15) is 14.4 Å². The number of carboxylic acids is 1. The van der Waals surface area contributed by atoms with Gasteiger partial charge in [0.1, 0.15) is 0 Å². The molecule has 3 amide bonds. The van der Waals surface area contributed by atoms with Gasteiger partial charge in [-0.05, 0) is 25.0 Å². The number of hydrogen-bond donors (Lipinski definition) is 3. The van der Waals surface area contributed by atoms with Crippen molar-refractivity contribution in [2.75, 3.05) is 0 Å². The van der Waals surface area contributed by atoms with Gasteiger partial charge in [0, 0.05) is 31.3 Å². The first-order chi connectivity index (χ1) is 9.47. The van der Waals surface area contributed by atoms with Crippen LogP contribution in [0.1, 0.15) is 30.5 Å². The summed E-state index contributed by atoms with van der Waals surface area (Å²) in [6, 6.07) is 3.05. The van der Waals surface area contributed by atoms with E-state index in [0.717, 1.165) is 11.3 Å². The van der Waals surface area contributed by atoms with Gasteiger partial charge in [-0.25, -0.2) is 4.79 Å². The molecule has 3 N–H and O–H groups in total. The normalized spacial score (nSPS) is 9.85. The number of aryl methyl sites for hydroxylation is 1. The summed E-state index contributed by atoms with van der Waals surface area (Å²) >= 11 is 0. The van der Waals surface area contributed by atoms with Crippen molar-refractivity contribution in [3.05, 3.63) is 29.6 Å². The second-order valence-corrected chi connectivity index (χ2v) is 4.29. The van der Waals surface area contributed by atoms with Gasteiger partial charge in [0.15, 0.2) is 0 Å². The monoisotopic (exact) mass is 279 g/mol. The van der Waals surface area contributed by atoms with Crippen molar-refractivity contribution in [3.63, 3.8) is 0 Å². The van der Waals surface area contributed by atoms with Gasteiger partial charge in [0.2, 0.25) is 5.91 Å². The number of urea groups is 1. The van der Waals surface area contributed by atoms with Crippen LogP contribution < -0.4 is 10.6 Å². The van der Waals surface area contributed by atoms with Gasteiger partial charge < -0.3 is 10.4 Å². The van der Waals surface area contributed by atoms with Crippen LogP contribution >= 0.6 is 0 Å². The standard InChI is InChI=1S/C13H17N3O4/c1-9-5-6-10(7-14-9)8-15-13(20)16-11(17)3-2-4-12(18)19/h5-7H,2-4,8H2,1H3,(H,18,19)(H2,15,16,17,20). The molecule has 1 heterocycles. The van der Waals surface area contributed by atoms with E-state index < -0.39 is 17.9 Å². The van der Waals surface area contributed by atoms with E-state index >= 15 is 0 Å². The lowest BCUT2D eigenvalue weighted by Crippen LogP contribution is -2.39. The lowest BCUT2D eigenvalue weighted by molar-refractivity contribution is -0.137. The molecule has 0 saturated heterocycles. The number of amides is 3. The van der Waals surface area contributed by atoms with E-state index in [-0.39, 0.29) is 25.8 Å². The topological polar surface area (TPSA) is 108 Å². The number of pyridine rings is 1. The molecule has 108 valence electrons. The summed E-state index contributed by atoms with van der Waals surface area (Å²) in [4.78, 5) is 37.1. The molecular weight excluding hydrogens is 262 g/mol. The average molecular weight is 279 g/mol. The maximum Gasteiger partial charge on any atom is 0.321 e. The Hall–Kier alpha value is -2.44. The Morgan fingerprint density at radius 2 is 2.00 bits per heavy atom. The largest absolute Gasteiger partial charge is 0.481 e. The molecule has 7 nitrogen and oxygen atoms in total. The summed E-state index contributed by atoms with van der Waals surface area (Å²) in [6.45, 7) is 2.13. The van der Waals surface area contributed by atoms with E-state index in [0.29, 0.717) is 0 Å². The zero-order valence-electron chi connectivity index (χ0n) is 11.2. The number of hydrogen-bond acceptors (Lipinski definition) is 4. The number of aromatic nitrogens is 1. The minimum Gasteiger partial charge on any atom is -0.481 e. The van der Waals surface area contributed by atoms with E-state index in [1.807, 2.05) is 19.1 Å². The summed E-state index contributed by atoms with van der Waals surface area (Å²) in [5.74, 6) is -1.46. The van der Waals surface area contributed by atoms with Crippen LogP contribution in [-0.2, 0) is 16.1 Å². The van der Waals surface area contributed by atoms with Crippen molar-refractivity contribution < 1.29 is 19.5 Å². The van der Waals surface area contributed by atoms with Gasteiger partial charge in [-0.15, -0.1) is 0 Å². The fourth-order valence-corrected chi connectivity index (χ4v) is 1.42. The number of imide groups is 1. The molecule has 0 aliphatic heterocycles. The van der Waals surface area contributed by atoms with Crippen molar-refractivity contribution in [1.82, 2.24) is 15.6 Å². The van der Waals surface area contributed by atoms with E-state index in [1.165, 1.54) is 0 Å². The molecule has 20 heavy (non-hydrogen) atoms. The third-order valence-electron chi connectivity index (χ3n) is 2.47. The number of carbonyl (C=O) groups excluding carboxylic acids is 2. The van der Waals surface area contributed by atoms with Crippen LogP contribution in [0.3, 0.4) is 0 Å². The van der Waals surface area contributed by atoms with Crippen LogP contribution in [0.2, 0.25) is 0 Å². The first kappa shape index (κ1) is 15.6. The van der Waals surface area contributed by atoms with Crippen molar-refractivity contribution in [1.29, 1.82) is 0 Å². The molecule has 0 aliphatic rings. The van der Waals surface area contributed by atoms with Gasteiger partial charge in [-0.1, -0.05) is 6.07 Å². The SMILES string of the molecule is Cc1ccc(CNC(=O)NC(=O)CCCC(=O)O)cn1. The molecule has 1 aromatic heterocycles. The molecule has 0 atom stereocenters. The van der Waals surface area contributed by atoms with Gasteiger partial charge in [-0.3, -0.25) is 19.9 Å². The van der Waals surface area contributed by atoms with E-state index in [1.54, 1.807) is 6.20 Å². The third kappa shape index (κ3) is 6.48. The molecule has 0 saturated carbocycles. The van der Waals surface area contributed by atoms with Crippen molar-refractivity contribution in [2.24, 2.45) is 0 Å². The lowest BCUT2D eigenvalue weighted by atomic mass is 10.2. The molecule has 0 aliphatic carbocycles. The van der Waals surface area contributed by atoms with Crippen LogP contribution in [-0.4, -0.2) is 28.0 Å². The smallest absolute Gasteiger partial charge is 0.321 e. The Morgan fingerprint density at radius 1 is 1.25 bits per heavy atom. The highest BCUT2D eigenvalue weighted by atomic mass is 16.4. The predicted molar refractivity (Wildman–Crippen MR) is 70.8 cm³/mol. The number of nitrogens with zero attached hydrogens (tertiary/aromatic N) is 1. The van der Waals surface area contributed by atoms with Gasteiger partial charge in [0.25, 0.3) is 0 Å². The summed E-state index contributed by atoms with van der Waals surface area (Å²) in [7, 11) is 0. The first-order valence-electron chi connectivity index (χ1n) is 6.18. The van der Waals surface area contributed by atoms with Gasteiger partial charge in [0.05, 0.1) is 0 Å². The molecule has 0 unspecified atom stereocenters. The highest BCUT2D eigenvalue weighted by molar-refractivity contribution is 5.94. The number of rotatable bonds is 6. The fourth-order valence-electron chi connectivity index (χ4n) is 1.42. The summed E-state index contributed by atoms with van der Waals surface area (Å²) < 4.78 is 0. The van der Waals surface area contributed by atoms with Crippen LogP contribution in [0.4, 0.5) is 4.79 Å². The second-order valence-electron chi connectivity index (χ2n) is 4.29. The lowest BCUT2D eigenvalue weighted by Gasteiger charge is -2.06. The molecule has 0 aromatic carbocycles. The maximum atomic E-state index is 11.4. The van der Waals surface area contributed by atoms with Crippen LogP contribution in [0.25, 0.3) is 0 Å². The molecule has 1 rings (SSSR count). The summed E-state index contributed by atoms with van der Waals surface area (Å²) in [5.41, 5.74) is 1.70. The van der Waals surface area contributed by atoms with E-state index in [2.05, 4.69) is 15.6 Å². The fraction of sp³-hybridized carbons (Fsp3) is 0.385. The minimum absolute atomic E-state index is 0.00576. The van der Waals surface area contributed by atoms with Crippen LogP contribution in [0.15, 0.2) is 18.3 Å². The average Bonchev–Trinajstić information content (AvgIpc) is 2.37. The Kier molecular flexibility index (Phi) is 6.15. The third-order valence-corrected chi connectivity index (χ3v) is 2.47. The Balaban J connectivity index is 2.24. The summed E-state index contributed by atoms with van der Waals surface area (Å²) in [5, 5.41) is 13.1. The number of carboxylic acid groups (broad SMARTS) is 1. The molecule has 7 heteroatoms. The predicted octanol–water partition coefficient (Wildman–Crippen LogP) is 0.971. The molecule has 0 radical (unpaired) electrons. The highest BCUT2D eigenvalue weighted by Crippen LogP contribution is 1.98. The zero-order chi connectivity index (χ0) is 15.0. The van der Waals surface area contributed by atoms with Crippen molar-refractivity contribution >= 4 is 17.9 Å². The van der Waals surface area contributed by atoms with Gasteiger partial charge in [-0.2, -0.15) is 0 Å². The number of nitrogens with one attached hydrogen (secondary N) is 2. The molecule has 1 aromatic rings. The van der Waals surface area contributed by atoms with Gasteiger partial charge >= 0.3 is 12.0 Å². The second kappa shape index (κ2) is 7.88. The zero-order valence-corrected chi connectivity index (χ0v) is 11.2. The number of carbonyl (C=O) groups is 3.